The average molecular weight is 466 g/mol. The minimum atomic E-state index is -0.318. The monoisotopic (exact) mass is 465 g/mol. The summed E-state index contributed by atoms with van der Waals surface area (Å²) in [5.74, 6) is 1.07. The van der Waals surface area contributed by atoms with E-state index < -0.39 is 0 Å². The van der Waals surface area contributed by atoms with Gasteiger partial charge in [0.1, 0.15) is 0 Å². The Morgan fingerprint density at radius 3 is 2.21 bits per heavy atom. The highest BCUT2D eigenvalue weighted by atomic mass is 32.2. The summed E-state index contributed by atoms with van der Waals surface area (Å²) in [4.78, 5) is 28.1. The van der Waals surface area contributed by atoms with Crippen molar-refractivity contribution in [3.63, 3.8) is 0 Å². The molecular weight excluding hydrogens is 438 g/mol. The number of piperazine rings is 1. The van der Waals surface area contributed by atoms with E-state index >= 15 is 0 Å². The van der Waals surface area contributed by atoms with Crippen molar-refractivity contribution in [1.29, 1.82) is 0 Å². The molecule has 9 heteroatoms. The fourth-order valence-corrected chi connectivity index (χ4v) is 4.52. The molecule has 33 heavy (non-hydrogen) atoms. The molecule has 1 aromatic heterocycles. The van der Waals surface area contributed by atoms with E-state index in [1.807, 2.05) is 48.5 Å². The van der Waals surface area contributed by atoms with Gasteiger partial charge >= 0.3 is 6.09 Å². The molecule has 0 bridgehead atoms. The van der Waals surface area contributed by atoms with Crippen molar-refractivity contribution in [2.75, 3.05) is 38.5 Å². The highest BCUT2D eigenvalue weighted by Gasteiger charge is 2.25. The van der Waals surface area contributed by atoms with Crippen molar-refractivity contribution in [3.05, 3.63) is 66.2 Å². The minimum Gasteiger partial charge on any atom is -0.450 e. The van der Waals surface area contributed by atoms with E-state index in [1.165, 1.54) is 11.8 Å². The predicted molar refractivity (Wildman–Crippen MR) is 127 cm³/mol. The van der Waals surface area contributed by atoms with Crippen molar-refractivity contribution < 1.29 is 14.3 Å². The molecule has 0 atom stereocenters. The van der Waals surface area contributed by atoms with Crippen LogP contribution < -0.4 is 0 Å². The van der Waals surface area contributed by atoms with Crippen molar-refractivity contribution in [2.45, 2.75) is 18.6 Å². The van der Waals surface area contributed by atoms with Crippen LogP contribution in [0.15, 0.2) is 65.8 Å². The molecule has 8 nitrogen and oxygen atoms in total. The van der Waals surface area contributed by atoms with Gasteiger partial charge in [-0.1, -0.05) is 72.4 Å². The Morgan fingerprint density at radius 2 is 1.55 bits per heavy atom. The molecule has 2 heterocycles. The fourth-order valence-electron chi connectivity index (χ4n) is 3.68. The van der Waals surface area contributed by atoms with Crippen molar-refractivity contribution in [2.24, 2.45) is 0 Å². The first-order valence-corrected chi connectivity index (χ1v) is 12.0. The van der Waals surface area contributed by atoms with E-state index in [9.17, 15) is 9.59 Å². The summed E-state index contributed by atoms with van der Waals surface area (Å²) in [5.41, 5.74) is 2.12. The summed E-state index contributed by atoms with van der Waals surface area (Å²) in [6, 6.07) is 20.1. The van der Waals surface area contributed by atoms with Crippen LogP contribution in [-0.4, -0.2) is 75.1 Å². The standard InChI is InChI=1S/C24H27N5O3S/c1-2-32-24(31)28-15-13-27(14-16-28)21(30)18-33-23-26-25-22(20-11-7-4-8-12-20)29(23)17-19-9-5-3-6-10-19/h3-12H,2,13-18H2,1H3. The first-order chi connectivity index (χ1) is 16.2. The summed E-state index contributed by atoms with van der Waals surface area (Å²) < 4.78 is 7.10. The Labute approximate surface area is 197 Å². The minimum absolute atomic E-state index is 0.0269. The number of hydrogen-bond donors (Lipinski definition) is 0. The van der Waals surface area contributed by atoms with Crippen LogP contribution in [0.2, 0.25) is 0 Å². The van der Waals surface area contributed by atoms with Gasteiger partial charge in [-0.2, -0.15) is 0 Å². The van der Waals surface area contributed by atoms with Gasteiger partial charge in [0, 0.05) is 31.7 Å². The number of hydrogen-bond acceptors (Lipinski definition) is 6. The second-order valence-corrected chi connectivity index (χ2v) is 8.54. The molecule has 2 aromatic carbocycles. The third kappa shape index (κ3) is 5.73. The maximum absolute atomic E-state index is 12.8. The number of benzene rings is 2. The van der Waals surface area contributed by atoms with E-state index in [4.69, 9.17) is 4.74 Å². The molecule has 0 saturated carbocycles. The molecule has 4 rings (SSSR count). The molecule has 2 amide bonds. The molecule has 0 N–H and O–H groups in total. The molecule has 0 unspecified atom stereocenters. The number of rotatable bonds is 7. The lowest BCUT2D eigenvalue weighted by Crippen LogP contribution is -2.51. The molecule has 0 radical (unpaired) electrons. The number of ether oxygens (including phenoxy) is 1. The molecule has 3 aromatic rings. The Kier molecular flexibility index (Phi) is 7.62. The van der Waals surface area contributed by atoms with Gasteiger partial charge < -0.3 is 14.5 Å². The van der Waals surface area contributed by atoms with Crippen LogP contribution in [0.25, 0.3) is 11.4 Å². The summed E-state index contributed by atoms with van der Waals surface area (Å²) >= 11 is 1.39. The number of carbonyl (C=O) groups is 2. The lowest BCUT2D eigenvalue weighted by molar-refractivity contribution is -0.129. The van der Waals surface area contributed by atoms with Crippen molar-refractivity contribution in [1.82, 2.24) is 24.6 Å². The highest BCUT2D eigenvalue weighted by molar-refractivity contribution is 7.99. The smallest absolute Gasteiger partial charge is 0.409 e. The first-order valence-electron chi connectivity index (χ1n) is 11.0. The lowest BCUT2D eigenvalue weighted by atomic mass is 10.2. The van der Waals surface area contributed by atoms with Crippen LogP contribution in [0.3, 0.4) is 0 Å². The van der Waals surface area contributed by atoms with Crippen LogP contribution in [0.5, 0.6) is 0 Å². The van der Waals surface area contributed by atoms with Crippen LogP contribution in [-0.2, 0) is 16.1 Å². The summed E-state index contributed by atoms with van der Waals surface area (Å²) in [5, 5.41) is 9.53. The van der Waals surface area contributed by atoms with Gasteiger partial charge in [-0.25, -0.2) is 4.79 Å². The number of thioether (sulfide) groups is 1. The zero-order valence-electron chi connectivity index (χ0n) is 18.6. The van der Waals surface area contributed by atoms with Gasteiger partial charge in [0.25, 0.3) is 0 Å². The molecular formula is C24H27N5O3S. The Balaban J connectivity index is 1.43. The molecule has 1 aliphatic rings. The van der Waals surface area contributed by atoms with Crippen LogP contribution in [0.1, 0.15) is 12.5 Å². The van der Waals surface area contributed by atoms with Gasteiger partial charge in [-0.3, -0.25) is 9.36 Å². The van der Waals surface area contributed by atoms with Gasteiger partial charge in [-0.15, -0.1) is 10.2 Å². The van der Waals surface area contributed by atoms with Crippen molar-refractivity contribution in [3.8, 4) is 11.4 Å². The molecule has 1 saturated heterocycles. The number of aromatic nitrogens is 3. The Morgan fingerprint density at radius 1 is 0.909 bits per heavy atom. The Hall–Kier alpha value is -3.33. The highest BCUT2D eigenvalue weighted by Crippen LogP contribution is 2.25. The number of carbonyl (C=O) groups excluding carboxylic acids is 2. The first kappa shape index (κ1) is 22.8. The van der Waals surface area contributed by atoms with E-state index in [0.29, 0.717) is 44.5 Å². The van der Waals surface area contributed by atoms with E-state index in [1.54, 1.807) is 16.7 Å². The molecule has 1 aliphatic heterocycles. The van der Waals surface area contributed by atoms with Crippen LogP contribution in [0, 0.1) is 0 Å². The Bertz CT molecular complexity index is 1070. The summed E-state index contributed by atoms with van der Waals surface area (Å²) in [6.45, 7) is 4.73. The third-order valence-electron chi connectivity index (χ3n) is 5.42. The second kappa shape index (κ2) is 11.0. The van der Waals surface area contributed by atoms with Crippen molar-refractivity contribution >= 4 is 23.8 Å². The molecule has 172 valence electrons. The SMILES string of the molecule is CCOC(=O)N1CCN(C(=O)CSc2nnc(-c3ccccc3)n2Cc2ccccc2)CC1. The topological polar surface area (TPSA) is 80.6 Å². The maximum Gasteiger partial charge on any atom is 0.409 e. The molecule has 1 fully saturated rings. The predicted octanol–water partition coefficient (Wildman–Crippen LogP) is 3.39. The quantitative estimate of drug-likeness (QED) is 0.498. The van der Waals surface area contributed by atoms with Gasteiger partial charge in [0.05, 0.1) is 18.9 Å². The molecule has 0 spiro atoms. The normalized spacial score (nSPS) is 13.7. The van der Waals surface area contributed by atoms with Gasteiger partial charge in [-0.05, 0) is 12.5 Å². The summed E-state index contributed by atoms with van der Waals surface area (Å²) in [7, 11) is 0. The third-order valence-corrected chi connectivity index (χ3v) is 6.37. The van der Waals surface area contributed by atoms with Crippen LogP contribution in [0.4, 0.5) is 4.79 Å². The van der Waals surface area contributed by atoms with Gasteiger partial charge in [0.15, 0.2) is 11.0 Å². The zero-order chi connectivity index (χ0) is 23.0. The van der Waals surface area contributed by atoms with Gasteiger partial charge in [0.2, 0.25) is 5.91 Å². The summed E-state index contributed by atoms with van der Waals surface area (Å²) in [6.07, 6.45) is -0.318. The second-order valence-electron chi connectivity index (χ2n) is 7.60. The maximum atomic E-state index is 12.8. The average Bonchev–Trinajstić information content (AvgIpc) is 3.26. The van der Waals surface area contributed by atoms with E-state index in [-0.39, 0.29) is 17.8 Å². The lowest BCUT2D eigenvalue weighted by Gasteiger charge is -2.34. The van der Waals surface area contributed by atoms with Crippen LogP contribution >= 0.6 is 11.8 Å². The number of amides is 2. The number of nitrogens with zero attached hydrogens (tertiary/aromatic N) is 5. The molecule has 0 aliphatic carbocycles. The van der Waals surface area contributed by atoms with E-state index in [2.05, 4.69) is 26.9 Å². The van der Waals surface area contributed by atoms with E-state index in [0.717, 1.165) is 17.0 Å². The largest absolute Gasteiger partial charge is 0.450 e. The zero-order valence-corrected chi connectivity index (χ0v) is 19.4. The fraction of sp³-hybridized carbons (Fsp3) is 0.333.